The molecule has 0 N–H and O–H groups in total. The maximum Gasteiger partial charge on any atom is 0.164 e. The molecule has 3 rings (SSSR count). The highest BCUT2D eigenvalue weighted by Gasteiger charge is 2.20. The van der Waals surface area contributed by atoms with Crippen molar-refractivity contribution in [3.63, 3.8) is 0 Å². The quantitative estimate of drug-likeness (QED) is 0.682. The zero-order valence-electron chi connectivity index (χ0n) is 13.9. The molecule has 0 unspecified atom stereocenters. The molecule has 1 heterocycles. The maximum atomic E-state index is 13.2. The van der Waals surface area contributed by atoms with Crippen molar-refractivity contribution in [3.8, 4) is 22.8 Å². The predicted octanol–water partition coefficient (Wildman–Crippen LogP) is 4.94. The highest BCUT2D eigenvalue weighted by molar-refractivity contribution is 5.62. The number of halogens is 2. The molecule has 0 spiro atoms. The van der Waals surface area contributed by atoms with E-state index in [1.165, 1.54) is 24.3 Å². The van der Waals surface area contributed by atoms with E-state index in [1.807, 2.05) is 4.57 Å². The molecule has 5 heteroatoms. The molecule has 0 atom stereocenters. The highest BCUT2D eigenvalue weighted by atomic mass is 19.1. The number of hydrogen-bond donors (Lipinski definition) is 0. The molecule has 0 radical (unpaired) electrons. The predicted molar refractivity (Wildman–Crippen MR) is 90.3 cm³/mol. The van der Waals surface area contributed by atoms with Gasteiger partial charge in [-0.05, 0) is 53.9 Å². The molecule has 2 aromatic carbocycles. The molecule has 124 valence electrons. The molecule has 0 fully saturated rings. The molecule has 1 aromatic heterocycles. The van der Waals surface area contributed by atoms with Crippen LogP contribution in [0.3, 0.4) is 0 Å². The van der Waals surface area contributed by atoms with Crippen LogP contribution in [0.5, 0.6) is 0 Å². The smallest absolute Gasteiger partial charge is 0.164 e. The third-order valence-corrected chi connectivity index (χ3v) is 3.59. The maximum absolute atomic E-state index is 13.2. The van der Waals surface area contributed by atoms with E-state index in [0.29, 0.717) is 18.2 Å². The second-order valence-corrected chi connectivity index (χ2v) is 7.01. The minimum atomic E-state index is -0.292. The Kier molecular flexibility index (Phi) is 4.18. The van der Waals surface area contributed by atoms with Gasteiger partial charge in [-0.25, -0.2) is 8.78 Å². The van der Waals surface area contributed by atoms with Gasteiger partial charge in [0.15, 0.2) is 11.6 Å². The highest BCUT2D eigenvalue weighted by Crippen LogP contribution is 2.29. The number of hydrogen-bond acceptors (Lipinski definition) is 2. The van der Waals surface area contributed by atoms with Crippen molar-refractivity contribution >= 4 is 0 Å². The Morgan fingerprint density at radius 2 is 1.12 bits per heavy atom. The second kappa shape index (κ2) is 6.15. The standard InChI is InChI=1S/C19H19F2N3/c1-19(2,3)12-24-17(13-4-8-15(20)9-5-13)22-23-18(24)14-6-10-16(21)11-7-14/h4-11H,12H2,1-3H3. The van der Waals surface area contributed by atoms with Gasteiger partial charge in [-0.2, -0.15) is 0 Å². The normalized spacial score (nSPS) is 11.7. The first kappa shape index (κ1) is 16.3. The largest absolute Gasteiger partial charge is 0.306 e. The van der Waals surface area contributed by atoms with E-state index >= 15 is 0 Å². The van der Waals surface area contributed by atoms with Crippen molar-refractivity contribution < 1.29 is 8.78 Å². The molecule has 0 aliphatic carbocycles. The van der Waals surface area contributed by atoms with Crippen LogP contribution in [-0.2, 0) is 6.54 Å². The molecule has 24 heavy (non-hydrogen) atoms. The lowest BCUT2D eigenvalue weighted by atomic mass is 9.96. The van der Waals surface area contributed by atoms with E-state index in [1.54, 1.807) is 24.3 Å². The van der Waals surface area contributed by atoms with Crippen LogP contribution in [0.4, 0.5) is 8.78 Å². The van der Waals surface area contributed by atoms with Gasteiger partial charge < -0.3 is 4.57 Å². The fourth-order valence-corrected chi connectivity index (χ4v) is 2.55. The van der Waals surface area contributed by atoms with Gasteiger partial charge in [0.25, 0.3) is 0 Å². The van der Waals surface area contributed by atoms with Crippen molar-refractivity contribution in [2.75, 3.05) is 0 Å². The van der Waals surface area contributed by atoms with Crippen LogP contribution in [-0.4, -0.2) is 14.8 Å². The van der Waals surface area contributed by atoms with Gasteiger partial charge in [-0.3, -0.25) is 0 Å². The van der Waals surface area contributed by atoms with Crippen LogP contribution in [0.1, 0.15) is 20.8 Å². The summed E-state index contributed by atoms with van der Waals surface area (Å²) in [7, 11) is 0. The average molecular weight is 327 g/mol. The number of aromatic nitrogens is 3. The fourth-order valence-electron chi connectivity index (χ4n) is 2.55. The van der Waals surface area contributed by atoms with Gasteiger partial charge in [-0.1, -0.05) is 20.8 Å². The van der Waals surface area contributed by atoms with E-state index in [4.69, 9.17) is 0 Å². The van der Waals surface area contributed by atoms with Crippen molar-refractivity contribution in [2.24, 2.45) is 5.41 Å². The second-order valence-electron chi connectivity index (χ2n) is 7.01. The van der Waals surface area contributed by atoms with Gasteiger partial charge in [0.1, 0.15) is 11.6 Å². The van der Waals surface area contributed by atoms with E-state index in [2.05, 4.69) is 31.0 Å². The molecule has 0 aliphatic heterocycles. The van der Waals surface area contributed by atoms with Crippen LogP contribution >= 0.6 is 0 Å². The number of benzene rings is 2. The lowest BCUT2D eigenvalue weighted by Crippen LogP contribution is -2.17. The molecular formula is C19H19F2N3. The number of nitrogens with zero attached hydrogens (tertiary/aromatic N) is 3. The van der Waals surface area contributed by atoms with Crippen LogP contribution in [0.2, 0.25) is 0 Å². The Bertz CT molecular complexity index is 766. The molecule has 0 saturated heterocycles. The molecule has 0 amide bonds. The summed E-state index contributed by atoms with van der Waals surface area (Å²) in [5.41, 5.74) is 1.58. The minimum Gasteiger partial charge on any atom is -0.306 e. The zero-order chi connectivity index (χ0) is 17.3. The van der Waals surface area contributed by atoms with Crippen LogP contribution in [0.25, 0.3) is 22.8 Å². The molecule has 0 aliphatic rings. The van der Waals surface area contributed by atoms with Crippen molar-refractivity contribution in [1.29, 1.82) is 0 Å². The van der Waals surface area contributed by atoms with E-state index < -0.39 is 0 Å². The van der Waals surface area contributed by atoms with Crippen molar-refractivity contribution in [3.05, 3.63) is 60.2 Å². The van der Waals surface area contributed by atoms with E-state index in [9.17, 15) is 8.78 Å². The summed E-state index contributed by atoms with van der Waals surface area (Å²) in [6.07, 6.45) is 0. The van der Waals surface area contributed by atoms with Crippen molar-refractivity contribution in [2.45, 2.75) is 27.3 Å². The lowest BCUT2D eigenvalue weighted by molar-refractivity contribution is 0.347. The summed E-state index contributed by atoms with van der Waals surface area (Å²) in [4.78, 5) is 0. The van der Waals surface area contributed by atoms with Crippen LogP contribution in [0.15, 0.2) is 48.5 Å². The molecular weight excluding hydrogens is 308 g/mol. The Hall–Kier alpha value is -2.56. The average Bonchev–Trinajstić information content (AvgIpc) is 2.90. The molecule has 0 saturated carbocycles. The Morgan fingerprint density at radius 1 is 0.750 bits per heavy atom. The van der Waals surface area contributed by atoms with Crippen LogP contribution in [0, 0.1) is 17.0 Å². The Labute approximate surface area is 140 Å². The van der Waals surface area contributed by atoms with Gasteiger partial charge in [0, 0.05) is 17.7 Å². The van der Waals surface area contributed by atoms with E-state index in [-0.39, 0.29) is 17.0 Å². The summed E-state index contributed by atoms with van der Waals surface area (Å²) >= 11 is 0. The monoisotopic (exact) mass is 327 g/mol. The lowest BCUT2D eigenvalue weighted by Gasteiger charge is -2.21. The number of rotatable bonds is 3. The summed E-state index contributed by atoms with van der Waals surface area (Å²) < 4.78 is 28.4. The zero-order valence-corrected chi connectivity index (χ0v) is 13.9. The Morgan fingerprint density at radius 3 is 1.46 bits per heavy atom. The fraction of sp³-hybridized carbons (Fsp3) is 0.263. The third kappa shape index (κ3) is 3.50. The molecule has 3 aromatic rings. The van der Waals surface area contributed by atoms with Gasteiger partial charge in [0.2, 0.25) is 0 Å². The topological polar surface area (TPSA) is 30.7 Å². The van der Waals surface area contributed by atoms with Gasteiger partial charge in [-0.15, -0.1) is 10.2 Å². The first-order chi connectivity index (χ1) is 11.3. The Balaban J connectivity index is 2.12. The van der Waals surface area contributed by atoms with Crippen molar-refractivity contribution in [1.82, 2.24) is 14.8 Å². The van der Waals surface area contributed by atoms with E-state index in [0.717, 1.165) is 11.1 Å². The minimum absolute atomic E-state index is 0.00800. The first-order valence-corrected chi connectivity index (χ1v) is 7.78. The SMILES string of the molecule is CC(C)(C)Cn1c(-c2ccc(F)cc2)nnc1-c1ccc(F)cc1. The third-order valence-electron chi connectivity index (χ3n) is 3.59. The summed E-state index contributed by atoms with van der Waals surface area (Å²) in [5, 5.41) is 8.59. The summed E-state index contributed by atoms with van der Waals surface area (Å²) in [5.74, 6) is 0.757. The van der Waals surface area contributed by atoms with Gasteiger partial charge in [0.05, 0.1) is 0 Å². The summed E-state index contributed by atoms with van der Waals surface area (Å²) in [6, 6.07) is 12.4. The molecule has 3 nitrogen and oxygen atoms in total. The molecule has 0 bridgehead atoms. The van der Waals surface area contributed by atoms with Crippen LogP contribution < -0.4 is 0 Å². The first-order valence-electron chi connectivity index (χ1n) is 7.78. The van der Waals surface area contributed by atoms with Gasteiger partial charge >= 0.3 is 0 Å². The summed E-state index contributed by atoms with van der Waals surface area (Å²) in [6.45, 7) is 7.04.